The van der Waals surface area contributed by atoms with Crippen LogP contribution >= 0.6 is 11.6 Å². The van der Waals surface area contributed by atoms with Crippen LogP contribution < -0.4 is 10.3 Å². The van der Waals surface area contributed by atoms with E-state index in [0.717, 1.165) is 68.9 Å². The van der Waals surface area contributed by atoms with E-state index in [1.165, 1.54) is 30.3 Å². The number of piperidine rings is 1. The van der Waals surface area contributed by atoms with E-state index in [0.29, 0.717) is 16.6 Å². The molecule has 1 amide bonds. The van der Waals surface area contributed by atoms with E-state index in [-0.39, 0.29) is 16.7 Å². The summed E-state index contributed by atoms with van der Waals surface area (Å²) in [6.45, 7) is 4.92. The Morgan fingerprint density at radius 2 is 1.77 bits per heavy atom. The summed E-state index contributed by atoms with van der Waals surface area (Å²) < 4.78 is 46.5. The molecule has 12 heteroatoms. The number of amides is 1. The first-order valence-corrected chi connectivity index (χ1v) is 13.0. The number of carbonyl (C=O) groups excluding carboxylic acids is 1. The van der Waals surface area contributed by atoms with Gasteiger partial charge in [-0.3, -0.25) is 9.69 Å². The fraction of sp³-hybridized carbons (Fsp3) is 0.370. The second-order valence-corrected chi connectivity index (χ2v) is 9.93. The zero-order valence-electron chi connectivity index (χ0n) is 20.9. The molecule has 1 aromatic heterocycles. The van der Waals surface area contributed by atoms with E-state index in [2.05, 4.69) is 26.4 Å². The van der Waals surface area contributed by atoms with Gasteiger partial charge >= 0.3 is 6.18 Å². The standard InChI is InChI=1S/C27H26ClF3N6O2/c28-21-4-1-18(2-5-21)23-17-37(33-25(23)27(29,30)31)34-26(38)19-3-6-24(20(15-19)16-32)36-9-7-22(8-10-36)35-11-13-39-14-12-35/h1-6,15,17,22H,7-14H2,(H,34,38). The van der Waals surface area contributed by atoms with E-state index in [1.807, 2.05) is 0 Å². The van der Waals surface area contributed by atoms with E-state index in [4.69, 9.17) is 16.3 Å². The molecule has 0 saturated carbocycles. The van der Waals surface area contributed by atoms with Crippen LogP contribution in [0.25, 0.3) is 11.1 Å². The van der Waals surface area contributed by atoms with Gasteiger partial charge < -0.3 is 9.64 Å². The number of benzene rings is 2. The third kappa shape index (κ3) is 6.03. The molecule has 0 radical (unpaired) electrons. The Kier molecular flexibility index (Phi) is 7.79. The fourth-order valence-electron chi connectivity index (χ4n) is 5.11. The molecule has 2 aliphatic rings. The molecule has 0 aliphatic carbocycles. The number of halogens is 4. The van der Waals surface area contributed by atoms with Gasteiger partial charge in [-0.2, -0.15) is 23.2 Å². The van der Waals surface area contributed by atoms with E-state index in [1.54, 1.807) is 12.1 Å². The van der Waals surface area contributed by atoms with E-state index >= 15 is 0 Å². The van der Waals surface area contributed by atoms with Crippen LogP contribution in [0.15, 0.2) is 48.7 Å². The fourth-order valence-corrected chi connectivity index (χ4v) is 5.23. The van der Waals surface area contributed by atoms with Crippen LogP contribution in [0.2, 0.25) is 5.02 Å². The van der Waals surface area contributed by atoms with Crippen molar-refractivity contribution in [3.05, 3.63) is 70.5 Å². The van der Waals surface area contributed by atoms with Gasteiger partial charge in [0.2, 0.25) is 0 Å². The van der Waals surface area contributed by atoms with Crippen LogP contribution in [-0.2, 0) is 10.9 Å². The minimum Gasteiger partial charge on any atom is -0.379 e. The first-order chi connectivity index (χ1) is 18.7. The number of ether oxygens (including phenoxy) is 1. The number of nitriles is 1. The minimum absolute atomic E-state index is 0.135. The van der Waals surface area contributed by atoms with Gasteiger partial charge in [0, 0.05) is 48.4 Å². The second-order valence-electron chi connectivity index (χ2n) is 9.49. The van der Waals surface area contributed by atoms with Gasteiger partial charge in [0.05, 0.1) is 30.7 Å². The van der Waals surface area contributed by atoms with Crippen molar-refractivity contribution in [2.75, 3.05) is 49.7 Å². The summed E-state index contributed by atoms with van der Waals surface area (Å²) in [6.07, 6.45) is -1.72. The van der Waals surface area contributed by atoms with Gasteiger partial charge in [-0.15, -0.1) is 5.10 Å². The largest absolute Gasteiger partial charge is 0.435 e. The van der Waals surface area contributed by atoms with Crippen LogP contribution in [0.3, 0.4) is 0 Å². The van der Waals surface area contributed by atoms with Gasteiger partial charge in [0.25, 0.3) is 5.91 Å². The number of nitrogens with zero attached hydrogens (tertiary/aromatic N) is 5. The zero-order chi connectivity index (χ0) is 27.6. The Morgan fingerprint density at radius 3 is 2.41 bits per heavy atom. The van der Waals surface area contributed by atoms with Gasteiger partial charge in [-0.25, -0.2) is 5.43 Å². The predicted octanol–water partition coefficient (Wildman–Crippen LogP) is 4.78. The minimum atomic E-state index is -4.74. The highest BCUT2D eigenvalue weighted by molar-refractivity contribution is 6.30. The highest BCUT2D eigenvalue weighted by atomic mass is 35.5. The zero-order valence-corrected chi connectivity index (χ0v) is 21.7. The van der Waals surface area contributed by atoms with Crippen LogP contribution in [0, 0.1) is 11.3 Å². The number of anilines is 1. The maximum Gasteiger partial charge on any atom is 0.435 e. The number of hydrogen-bond donors (Lipinski definition) is 1. The monoisotopic (exact) mass is 558 g/mol. The normalized spacial score (nSPS) is 17.2. The van der Waals surface area contributed by atoms with Crippen molar-refractivity contribution in [2.45, 2.75) is 25.1 Å². The van der Waals surface area contributed by atoms with Crippen LogP contribution in [0.4, 0.5) is 18.9 Å². The predicted molar refractivity (Wildman–Crippen MR) is 140 cm³/mol. The third-order valence-corrected chi connectivity index (χ3v) is 7.35. The Morgan fingerprint density at radius 1 is 1.08 bits per heavy atom. The summed E-state index contributed by atoms with van der Waals surface area (Å²) in [4.78, 5) is 18.3. The first-order valence-electron chi connectivity index (χ1n) is 12.6. The quantitative estimate of drug-likeness (QED) is 0.485. The molecule has 0 unspecified atom stereocenters. The number of nitrogens with one attached hydrogen (secondary N) is 1. The lowest BCUT2D eigenvalue weighted by Crippen LogP contribution is -2.49. The van der Waals surface area contributed by atoms with Crippen LogP contribution in [0.5, 0.6) is 0 Å². The molecule has 5 rings (SSSR count). The lowest BCUT2D eigenvalue weighted by atomic mass is 10.0. The Bertz CT molecular complexity index is 1370. The third-order valence-electron chi connectivity index (χ3n) is 7.10. The molecule has 3 aromatic rings. The lowest BCUT2D eigenvalue weighted by Gasteiger charge is -2.41. The molecule has 2 aromatic carbocycles. The molecular weight excluding hydrogens is 533 g/mol. The maximum atomic E-state index is 13.7. The van der Waals surface area contributed by atoms with Crippen molar-refractivity contribution in [3.8, 4) is 17.2 Å². The van der Waals surface area contributed by atoms with Crippen molar-refractivity contribution in [1.82, 2.24) is 14.8 Å². The average molecular weight is 559 g/mol. The Labute approximate surface area is 228 Å². The number of hydrogen-bond acceptors (Lipinski definition) is 6. The molecular formula is C27H26ClF3N6O2. The smallest absolute Gasteiger partial charge is 0.379 e. The number of aromatic nitrogens is 2. The lowest BCUT2D eigenvalue weighted by molar-refractivity contribution is -0.140. The van der Waals surface area contributed by atoms with Gasteiger partial charge in [-0.1, -0.05) is 23.7 Å². The van der Waals surface area contributed by atoms with Crippen molar-refractivity contribution in [1.29, 1.82) is 5.26 Å². The topological polar surface area (TPSA) is 86.4 Å². The van der Waals surface area contributed by atoms with Gasteiger partial charge in [0.1, 0.15) is 6.07 Å². The molecule has 0 spiro atoms. The second kappa shape index (κ2) is 11.3. The molecule has 8 nitrogen and oxygen atoms in total. The summed E-state index contributed by atoms with van der Waals surface area (Å²) in [6, 6.07) is 13.2. The first kappa shape index (κ1) is 27.0. The van der Waals surface area contributed by atoms with Crippen LogP contribution in [0.1, 0.15) is 34.5 Å². The highest BCUT2D eigenvalue weighted by Crippen LogP contribution is 2.36. The van der Waals surface area contributed by atoms with Crippen molar-refractivity contribution < 1.29 is 22.7 Å². The van der Waals surface area contributed by atoms with E-state index in [9.17, 15) is 23.2 Å². The van der Waals surface area contributed by atoms with Crippen molar-refractivity contribution >= 4 is 23.2 Å². The van der Waals surface area contributed by atoms with E-state index < -0.39 is 17.8 Å². The summed E-state index contributed by atoms with van der Waals surface area (Å²) >= 11 is 5.86. The molecule has 2 fully saturated rings. The summed E-state index contributed by atoms with van der Waals surface area (Å²) in [5.74, 6) is -0.692. The number of alkyl halides is 3. The summed E-state index contributed by atoms with van der Waals surface area (Å²) in [7, 11) is 0. The van der Waals surface area contributed by atoms with Crippen LogP contribution in [-0.4, -0.2) is 66.1 Å². The Balaban J connectivity index is 1.30. The summed E-state index contributed by atoms with van der Waals surface area (Å²) in [5.41, 5.74) is 2.47. The maximum absolute atomic E-state index is 13.7. The molecule has 0 atom stereocenters. The molecule has 0 bridgehead atoms. The highest BCUT2D eigenvalue weighted by Gasteiger charge is 2.38. The Hall–Kier alpha value is -3.59. The van der Waals surface area contributed by atoms with Crippen molar-refractivity contribution in [3.63, 3.8) is 0 Å². The molecule has 2 saturated heterocycles. The molecule has 204 valence electrons. The SMILES string of the molecule is N#Cc1cc(C(=O)Nn2cc(-c3ccc(Cl)cc3)c(C(F)(F)F)n2)ccc1N1CCC(N2CCOCC2)CC1. The average Bonchev–Trinajstić information content (AvgIpc) is 3.38. The number of rotatable bonds is 5. The molecule has 1 N–H and O–H groups in total. The van der Waals surface area contributed by atoms with Gasteiger partial charge in [-0.05, 0) is 48.7 Å². The molecule has 39 heavy (non-hydrogen) atoms. The number of morpholine rings is 1. The van der Waals surface area contributed by atoms with Crippen molar-refractivity contribution in [2.24, 2.45) is 0 Å². The molecule has 3 heterocycles. The van der Waals surface area contributed by atoms with Gasteiger partial charge in [0.15, 0.2) is 5.69 Å². The number of carbonyl (C=O) groups is 1. The molecule has 2 aliphatic heterocycles. The summed E-state index contributed by atoms with van der Waals surface area (Å²) in [5, 5.41) is 13.7.